The van der Waals surface area contributed by atoms with Gasteiger partial charge in [0.05, 0.1) is 12.9 Å². The number of carbonyl (C=O) groups is 2. The normalized spacial score (nSPS) is 16.7. The molecule has 1 saturated carbocycles. The Morgan fingerprint density at radius 2 is 2.11 bits per heavy atom. The van der Waals surface area contributed by atoms with Crippen LogP contribution in [0.2, 0.25) is 5.82 Å². The van der Waals surface area contributed by atoms with Gasteiger partial charge < -0.3 is 25.4 Å². The molecule has 2 fully saturated rings. The number of halogens is 1. The second-order valence-corrected chi connectivity index (χ2v) is 8.81. The number of aryl methyl sites for hydroxylation is 1. The Balaban J connectivity index is 1.48. The molecule has 5 N–H and O–H groups in total. The fourth-order valence-corrected chi connectivity index (χ4v) is 4.42. The summed E-state index contributed by atoms with van der Waals surface area (Å²) in [6.07, 6.45) is 4.91. The Morgan fingerprint density at radius 3 is 2.83 bits per heavy atom. The lowest BCUT2D eigenvalue weighted by molar-refractivity contribution is -0.115. The summed E-state index contributed by atoms with van der Waals surface area (Å²) in [5.74, 6) is -0.707. The predicted octanol–water partition coefficient (Wildman–Crippen LogP) is 1.93. The minimum absolute atomic E-state index is 0.00366. The summed E-state index contributed by atoms with van der Waals surface area (Å²) in [4.78, 5) is 31.2. The van der Waals surface area contributed by atoms with Crippen molar-refractivity contribution in [3.05, 3.63) is 53.2 Å². The molecule has 6 rings (SSSR count). The number of aromatic nitrogens is 4. The van der Waals surface area contributed by atoms with Gasteiger partial charge in [-0.3, -0.25) is 10.1 Å². The highest BCUT2D eigenvalue weighted by Crippen LogP contribution is 2.39. The van der Waals surface area contributed by atoms with Crippen LogP contribution in [-0.2, 0) is 9.45 Å². The van der Waals surface area contributed by atoms with Crippen LogP contribution in [0, 0.1) is 12.7 Å². The van der Waals surface area contributed by atoms with Gasteiger partial charge >= 0.3 is 12.9 Å². The Hall–Kier alpha value is -4.23. The van der Waals surface area contributed by atoms with E-state index in [1.54, 1.807) is 22.7 Å². The van der Waals surface area contributed by atoms with Gasteiger partial charge in [0.25, 0.3) is 5.91 Å². The third-order valence-corrected chi connectivity index (χ3v) is 6.19. The lowest BCUT2D eigenvalue weighted by Crippen LogP contribution is -2.40. The Bertz CT molecular complexity index is 1580. The fourth-order valence-electron chi connectivity index (χ4n) is 4.42. The summed E-state index contributed by atoms with van der Waals surface area (Å²) < 4.78 is 28.6. The van der Waals surface area contributed by atoms with Crippen molar-refractivity contribution in [2.24, 2.45) is 5.73 Å². The zero-order valence-electron chi connectivity index (χ0n) is 19.2. The number of amides is 3. The average molecular weight is 489 g/mol. The maximum Gasteiger partial charge on any atom is 0.351 e. The van der Waals surface area contributed by atoms with Crippen LogP contribution >= 0.6 is 0 Å². The quantitative estimate of drug-likeness (QED) is 0.134. The van der Waals surface area contributed by atoms with E-state index < -0.39 is 17.8 Å². The van der Waals surface area contributed by atoms with Crippen LogP contribution in [0.5, 0.6) is 11.6 Å². The van der Waals surface area contributed by atoms with Crippen LogP contribution in [0.4, 0.5) is 9.18 Å². The first-order valence-electron chi connectivity index (χ1n) is 11.4. The van der Waals surface area contributed by atoms with E-state index in [0.717, 1.165) is 18.5 Å². The summed E-state index contributed by atoms with van der Waals surface area (Å²) in [5.41, 5.74) is 8.68. The zero-order valence-corrected chi connectivity index (χ0v) is 19.2. The van der Waals surface area contributed by atoms with Crippen LogP contribution in [0.25, 0.3) is 22.6 Å². The van der Waals surface area contributed by atoms with Crippen LogP contribution < -0.4 is 26.7 Å². The zero-order chi connectivity index (χ0) is 25.0. The lowest BCUT2D eigenvalue weighted by Gasteiger charge is -2.16. The number of ether oxygens (including phenoxy) is 1. The third-order valence-electron chi connectivity index (χ3n) is 6.19. The minimum Gasteiger partial charge on any atom is -0.436 e. The SMILES string of the molecule is Cc1cc2c(F)c(Oc3cc(B(OCN)C4CC4)n4ncc(/C=C5\NC(=O)NC5=O)c4n3)ccc2[nH]1. The number of urea groups is 1. The molecule has 36 heavy (non-hydrogen) atoms. The number of rotatable bonds is 7. The molecule has 182 valence electrons. The molecule has 0 radical (unpaired) electrons. The molecule has 2 aliphatic rings. The molecule has 11 nitrogen and oxygen atoms in total. The van der Waals surface area contributed by atoms with Crippen molar-refractivity contribution in [2.75, 3.05) is 6.73 Å². The molecule has 0 bridgehead atoms. The van der Waals surface area contributed by atoms with Gasteiger partial charge in [-0.25, -0.2) is 13.7 Å². The number of aromatic amines is 1. The van der Waals surface area contributed by atoms with E-state index in [2.05, 4.69) is 25.7 Å². The molecule has 4 heterocycles. The van der Waals surface area contributed by atoms with Gasteiger partial charge in [0, 0.05) is 33.8 Å². The Kier molecular flexibility index (Phi) is 5.23. The molecule has 0 atom stereocenters. The molecule has 1 aliphatic carbocycles. The number of hydrogen-bond acceptors (Lipinski definition) is 7. The lowest BCUT2D eigenvalue weighted by atomic mass is 9.59. The van der Waals surface area contributed by atoms with Gasteiger partial charge in [0.15, 0.2) is 17.2 Å². The molecule has 3 amide bonds. The summed E-state index contributed by atoms with van der Waals surface area (Å²) in [5, 5.41) is 9.45. The molecular weight excluding hydrogens is 468 g/mol. The molecular formula is C23H21BFN7O4. The van der Waals surface area contributed by atoms with Crippen LogP contribution in [0.15, 0.2) is 36.2 Å². The van der Waals surface area contributed by atoms with Crippen LogP contribution in [0.1, 0.15) is 24.1 Å². The van der Waals surface area contributed by atoms with Crippen molar-refractivity contribution in [3.8, 4) is 11.6 Å². The number of imide groups is 1. The molecule has 1 saturated heterocycles. The van der Waals surface area contributed by atoms with Crippen molar-refractivity contribution in [3.63, 3.8) is 0 Å². The number of fused-ring (bicyclic) bond motifs is 2. The molecule has 3 aromatic heterocycles. The second kappa shape index (κ2) is 8.46. The van der Waals surface area contributed by atoms with E-state index in [0.29, 0.717) is 27.7 Å². The Morgan fingerprint density at radius 1 is 1.28 bits per heavy atom. The van der Waals surface area contributed by atoms with E-state index >= 15 is 4.39 Å². The summed E-state index contributed by atoms with van der Waals surface area (Å²) in [6, 6.07) is 6.02. The van der Waals surface area contributed by atoms with E-state index in [1.807, 2.05) is 6.92 Å². The minimum atomic E-state index is -0.614. The molecule has 13 heteroatoms. The van der Waals surface area contributed by atoms with Gasteiger partial charge in [-0.05, 0) is 37.0 Å². The standard InChI is InChI=1S/C23H21BFN7O4/c1-11-6-14-15(28-11)4-5-17(20(14)25)36-19-8-18(24(35-10-26)13-2-3-13)32-21(30-19)12(9-27-32)7-16-22(33)31-23(34)29-16/h4-9,13,28H,2-3,10,26H2,1H3,(H2,29,31,33,34)/b16-7-. The van der Waals surface area contributed by atoms with E-state index in [1.165, 1.54) is 18.3 Å². The summed E-state index contributed by atoms with van der Waals surface area (Å²) in [7, 11) is 0. The molecule has 1 aromatic carbocycles. The Labute approximate surface area is 204 Å². The van der Waals surface area contributed by atoms with Gasteiger partial charge in [-0.15, -0.1) is 0 Å². The first-order valence-corrected chi connectivity index (χ1v) is 11.4. The topological polar surface area (TPSA) is 149 Å². The number of benzene rings is 1. The van der Waals surface area contributed by atoms with Gasteiger partial charge in [-0.2, -0.15) is 10.1 Å². The third kappa shape index (κ3) is 3.87. The number of nitrogens with one attached hydrogen (secondary N) is 3. The maximum absolute atomic E-state index is 15.2. The first kappa shape index (κ1) is 22.3. The van der Waals surface area contributed by atoms with Crippen molar-refractivity contribution in [2.45, 2.75) is 25.6 Å². The number of carbonyl (C=O) groups excluding carboxylic acids is 2. The van der Waals surface area contributed by atoms with Crippen molar-refractivity contribution < 1.29 is 23.4 Å². The molecule has 0 unspecified atom stereocenters. The van der Waals surface area contributed by atoms with Crippen molar-refractivity contribution >= 4 is 47.1 Å². The van der Waals surface area contributed by atoms with Crippen molar-refractivity contribution in [1.82, 2.24) is 30.2 Å². The number of nitrogens with zero attached hydrogens (tertiary/aromatic N) is 3. The van der Waals surface area contributed by atoms with Gasteiger partial charge in [0.2, 0.25) is 5.88 Å². The van der Waals surface area contributed by atoms with E-state index in [4.69, 9.17) is 15.1 Å². The number of hydrogen-bond donors (Lipinski definition) is 4. The summed E-state index contributed by atoms with van der Waals surface area (Å²) in [6.45, 7) is 1.47. The van der Waals surface area contributed by atoms with Gasteiger partial charge in [0.1, 0.15) is 5.70 Å². The predicted molar refractivity (Wildman–Crippen MR) is 129 cm³/mol. The average Bonchev–Trinajstić information content (AvgIpc) is 3.38. The highest BCUT2D eigenvalue weighted by atomic mass is 19.1. The van der Waals surface area contributed by atoms with E-state index in [9.17, 15) is 9.59 Å². The molecule has 0 spiro atoms. The molecule has 4 aromatic rings. The molecule has 1 aliphatic heterocycles. The maximum atomic E-state index is 15.2. The largest absolute Gasteiger partial charge is 0.436 e. The highest BCUT2D eigenvalue weighted by Gasteiger charge is 2.40. The summed E-state index contributed by atoms with van der Waals surface area (Å²) >= 11 is 0. The highest BCUT2D eigenvalue weighted by molar-refractivity contribution is 6.69. The van der Waals surface area contributed by atoms with Crippen LogP contribution in [-0.4, -0.2) is 45.2 Å². The number of nitrogens with two attached hydrogens (primary N) is 1. The second-order valence-electron chi connectivity index (χ2n) is 8.81. The van der Waals surface area contributed by atoms with E-state index in [-0.39, 0.29) is 36.8 Å². The van der Waals surface area contributed by atoms with Crippen molar-refractivity contribution in [1.29, 1.82) is 0 Å². The fraction of sp³-hybridized carbons (Fsp3) is 0.217. The monoisotopic (exact) mass is 489 g/mol. The first-order chi connectivity index (χ1) is 17.4. The van der Waals surface area contributed by atoms with Gasteiger partial charge in [-0.1, -0.05) is 12.8 Å². The smallest absolute Gasteiger partial charge is 0.351 e. The number of H-pyrrole nitrogens is 1. The van der Waals surface area contributed by atoms with Crippen LogP contribution in [0.3, 0.4) is 0 Å².